The number of fused-ring (bicyclic) bond motifs is 1. The topological polar surface area (TPSA) is 29.5 Å². The zero-order chi connectivity index (χ0) is 10.8. The Hall–Kier alpha value is -0.965. The Labute approximate surface area is 97.9 Å². The van der Waals surface area contributed by atoms with E-state index in [9.17, 15) is 4.79 Å². The molecule has 1 aliphatic rings. The maximum absolute atomic E-state index is 11.1. The molecule has 0 atom stereocenters. The summed E-state index contributed by atoms with van der Waals surface area (Å²) in [6.45, 7) is 1.52. The summed E-state index contributed by atoms with van der Waals surface area (Å²) in [5.41, 5.74) is 0.973. The molecule has 0 saturated heterocycles. The van der Waals surface area contributed by atoms with Crippen molar-refractivity contribution in [1.29, 1.82) is 0 Å². The van der Waals surface area contributed by atoms with Gasteiger partial charge in [0.05, 0.1) is 6.54 Å². The minimum absolute atomic E-state index is 0.411. The van der Waals surface area contributed by atoms with Crippen molar-refractivity contribution in [3.05, 3.63) is 28.2 Å². The Bertz CT molecular complexity index is 397. The lowest BCUT2D eigenvalue weighted by atomic mass is 10.1. The number of carbonyl (C=O) groups excluding carboxylic acids is 1. The van der Waals surface area contributed by atoms with Crippen molar-refractivity contribution in [2.75, 3.05) is 13.2 Å². The van der Waals surface area contributed by atoms with Crippen LogP contribution in [-0.2, 0) is 6.54 Å². The lowest BCUT2D eigenvalue weighted by Gasteiger charge is -2.17. The van der Waals surface area contributed by atoms with Gasteiger partial charge in [-0.3, -0.25) is 4.79 Å². The minimum Gasteiger partial charge on any atom is -0.491 e. The van der Waals surface area contributed by atoms with Gasteiger partial charge in [0.2, 0.25) is 7.85 Å². The van der Waals surface area contributed by atoms with Gasteiger partial charge in [0, 0.05) is 16.6 Å². The first-order valence-electron chi connectivity index (χ1n) is 4.62. The maximum atomic E-state index is 11.1. The number of rotatable bonds is 0. The molecule has 0 spiro atoms. The number of benzene rings is 1. The first kappa shape index (κ1) is 10.5. The molecule has 1 amide bonds. The van der Waals surface area contributed by atoms with Crippen LogP contribution in [0.15, 0.2) is 22.7 Å². The molecule has 1 aromatic carbocycles. The Kier molecular flexibility index (Phi) is 3.00. The Balaban J connectivity index is 2.31. The summed E-state index contributed by atoms with van der Waals surface area (Å²) in [5, 5.41) is 0. The van der Waals surface area contributed by atoms with Gasteiger partial charge in [-0.2, -0.15) is 0 Å². The van der Waals surface area contributed by atoms with E-state index >= 15 is 0 Å². The first-order valence-corrected chi connectivity index (χ1v) is 5.42. The highest BCUT2D eigenvalue weighted by Gasteiger charge is 2.16. The third-order valence-corrected chi connectivity index (χ3v) is 2.81. The lowest BCUT2D eigenvalue weighted by Crippen LogP contribution is -2.31. The fraction of sp³-hybridized carbons (Fsp3) is 0.300. The van der Waals surface area contributed by atoms with Crippen LogP contribution in [0.25, 0.3) is 0 Å². The van der Waals surface area contributed by atoms with Crippen LogP contribution in [0, 0.1) is 0 Å². The summed E-state index contributed by atoms with van der Waals surface area (Å²) < 4.78 is 6.48. The normalized spacial score (nSPS) is 15.1. The number of carbonyl (C=O) groups is 1. The van der Waals surface area contributed by atoms with E-state index in [-0.39, 0.29) is 0 Å². The van der Waals surface area contributed by atoms with E-state index in [2.05, 4.69) is 15.9 Å². The molecule has 0 saturated carbocycles. The second-order valence-electron chi connectivity index (χ2n) is 3.36. The fourth-order valence-electron chi connectivity index (χ4n) is 1.55. The fourth-order valence-corrected chi connectivity index (χ4v) is 1.96. The number of hydrogen-bond acceptors (Lipinski definition) is 2. The molecule has 1 aliphatic heterocycles. The van der Waals surface area contributed by atoms with Crippen molar-refractivity contribution >= 4 is 29.6 Å². The van der Waals surface area contributed by atoms with Gasteiger partial charge < -0.3 is 9.64 Å². The van der Waals surface area contributed by atoms with E-state index in [1.165, 1.54) is 0 Å². The molecular weight excluding hydrogens is 257 g/mol. The summed E-state index contributed by atoms with van der Waals surface area (Å²) in [4.78, 5) is 12.7. The van der Waals surface area contributed by atoms with Gasteiger partial charge in [-0.1, -0.05) is 15.9 Å². The van der Waals surface area contributed by atoms with E-state index < -0.39 is 5.81 Å². The summed E-state index contributed by atoms with van der Waals surface area (Å²) in [6, 6.07) is 5.75. The molecule has 15 heavy (non-hydrogen) atoms. The SMILES string of the molecule is [B]C(=O)N1CCOc2ccc(Br)cc2C1. The average Bonchev–Trinajstić information content (AvgIpc) is 2.39. The number of ether oxygens (including phenoxy) is 1. The highest BCUT2D eigenvalue weighted by atomic mass is 79.9. The molecule has 2 radical (unpaired) electrons. The summed E-state index contributed by atoms with van der Waals surface area (Å²) in [5.74, 6) is 0.411. The van der Waals surface area contributed by atoms with Crippen LogP contribution in [0.4, 0.5) is 4.79 Å². The molecule has 0 aliphatic carbocycles. The van der Waals surface area contributed by atoms with Gasteiger partial charge in [-0.05, 0) is 18.2 Å². The molecule has 1 heterocycles. The van der Waals surface area contributed by atoms with Crippen molar-refractivity contribution in [1.82, 2.24) is 4.90 Å². The van der Waals surface area contributed by atoms with Gasteiger partial charge in [0.1, 0.15) is 12.4 Å². The van der Waals surface area contributed by atoms with E-state index in [0.717, 1.165) is 15.8 Å². The Morgan fingerprint density at radius 3 is 3.07 bits per heavy atom. The largest absolute Gasteiger partial charge is 0.491 e. The highest BCUT2D eigenvalue weighted by Crippen LogP contribution is 2.26. The van der Waals surface area contributed by atoms with Gasteiger partial charge in [-0.15, -0.1) is 0 Å². The van der Waals surface area contributed by atoms with Gasteiger partial charge in [0.25, 0.3) is 0 Å². The van der Waals surface area contributed by atoms with E-state index in [1.807, 2.05) is 18.2 Å². The number of halogens is 1. The monoisotopic (exact) mass is 265 g/mol. The maximum Gasteiger partial charge on any atom is 0.200 e. The van der Waals surface area contributed by atoms with Crippen LogP contribution >= 0.6 is 15.9 Å². The van der Waals surface area contributed by atoms with Gasteiger partial charge >= 0.3 is 0 Å². The average molecular weight is 266 g/mol. The van der Waals surface area contributed by atoms with Crippen molar-refractivity contribution in [2.24, 2.45) is 0 Å². The molecule has 0 bridgehead atoms. The molecule has 0 unspecified atom stereocenters. The first-order chi connectivity index (χ1) is 7.16. The van der Waals surface area contributed by atoms with E-state index in [4.69, 9.17) is 12.6 Å². The third-order valence-electron chi connectivity index (χ3n) is 2.31. The highest BCUT2D eigenvalue weighted by molar-refractivity contribution is 9.10. The zero-order valence-electron chi connectivity index (χ0n) is 8.07. The minimum atomic E-state index is -0.411. The molecule has 1 aromatic rings. The Morgan fingerprint density at radius 2 is 2.33 bits per heavy atom. The van der Waals surface area contributed by atoms with Gasteiger partial charge in [-0.25, -0.2) is 0 Å². The van der Waals surface area contributed by atoms with Crippen molar-refractivity contribution in [3.8, 4) is 5.75 Å². The molecule has 0 aromatic heterocycles. The van der Waals surface area contributed by atoms with Crippen LogP contribution in [0.5, 0.6) is 5.75 Å². The summed E-state index contributed by atoms with van der Waals surface area (Å²) in [7, 11) is 5.25. The quantitative estimate of drug-likeness (QED) is 0.671. The van der Waals surface area contributed by atoms with Crippen LogP contribution in [-0.4, -0.2) is 31.7 Å². The molecular formula is C10H9BBrNO2. The molecule has 3 nitrogen and oxygen atoms in total. The van der Waals surface area contributed by atoms with E-state index in [0.29, 0.717) is 19.7 Å². The Morgan fingerprint density at radius 1 is 1.53 bits per heavy atom. The third kappa shape index (κ3) is 2.34. The summed E-state index contributed by atoms with van der Waals surface area (Å²) in [6.07, 6.45) is 0. The molecule has 5 heteroatoms. The molecule has 76 valence electrons. The molecule has 0 fully saturated rings. The lowest BCUT2D eigenvalue weighted by molar-refractivity contribution is 0.210. The predicted octanol–water partition coefficient (Wildman–Crippen LogP) is 1.93. The predicted molar refractivity (Wildman–Crippen MR) is 61.2 cm³/mol. The van der Waals surface area contributed by atoms with E-state index in [1.54, 1.807) is 4.90 Å². The van der Waals surface area contributed by atoms with Crippen molar-refractivity contribution in [3.63, 3.8) is 0 Å². The smallest absolute Gasteiger partial charge is 0.200 e. The van der Waals surface area contributed by atoms with Crippen molar-refractivity contribution < 1.29 is 9.53 Å². The number of amides is 1. The van der Waals surface area contributed by atoms with Crippen LogP contribution in [0.2, 0.25) is 0 Å². The van der Waals surface area contributed by atoms with Crippen molar-refractivity contribution in [2.45, 2.75) is 6.54 Å². The van der Waals surface area contributed by atoms with Gasteiger partial charge in [0.15, 0.2) is 5.81 Å². The van der Waals surface area contributed by atoms with Crippen LogP contribution in [0.3, 0.4) is 0 Å². The van der Waals surface area contributed by atoms with Crippen LogP contribution in [0.1, 0.15) is 5.56 Å². The molecule has 2 rings (SSSR count). The number of hydrogen-bond donors (Lipinski definition) is 0. The summed E-state index contributed by atoms with van der Waals surface area (Å²) >= 11 is 3.38. The standard InChI is InChI=1S/C10H9BBrNO2/c11-10(14)13-3-4-15-9-2-1-8(12)5-7(9)6-13/h1-2,5H,3-4,6H2. The number of nitrogens with zero attached hydrogens (tertiary/aromatic N) is 1. The second kappa shape index (κ2) is 4.27. The molecule has 0 N–H and O–H groups in total. The second-order valence-corrected chi connectivity index (χ2v) is 4.28. The zero-order valence-corrected chi connectivity index (χ0v) is 9.66. The van der Waals surface area contributed by atoms with Crippen LogP contribution < -0.4 is 4.74 Å².